The maximum absolute atomic E-state index is 13.0. The summed E-state index contributed by atoms with van der Waals surface area (Å²) in [5, 5.41) is 15.1. The number of carbonyl (C=O) groups excluding carboxylic acids is 2. The Labute approximate surface area is 188 Å². The van der Waals surface area contributed by atoms with Crippen LogP contribution in [0.5, 0.6) is 0 Å². The first kappa shape index (κ1) is 22.5. The van der Waals surface area contributed by atoms with Crippen LogP contribution in [-0.4, -0.2) is 42.7 Å². The topological polar surface area (TPSA) is 113 Å². The summed E-state index contributed by atoms with van der Waals surface area (Å²) in [5.74, 6) is -1.57. The zero-order chi connectivity index (χ0) is 22.9. The van der Waals surface area contributed by atoms with Crippen molar-refractivity contribution in [1.82, 2.24) is 5.32 Å². The molecule has 2 amide bonds. The number of rotatable bonds is 5. The molecule has 1 saturated carbocycles. The van der Waals surface area contributed by atoms with E-state index in [-0.39, 0.29) is 16.7 Å². The molecule has 1 aliphatic heterocycles. The largest absolute Gasteiger partial charge is 0.391 e. The average molecular weight is 457 g/mol. The molecule has 2 fully saturated rings. The second-order valence-electron chi connectivity index (χ2n) is 8.60. The monoisotopic (exact) mass is 456 g/mol. The van der Waals surface area contributed by atoms with E-state index in [9.17, 15) is 23.1 Å². The highest BCUT2D eigenvalue weighted by Crippen LogP contribution is 2.38. The quantitative estimate of drug-likeness (QED) is 0.639. The summed E-state index contributed by atoms with van der Waals surface area (Å²) in [7, 11) is -4.03. The molecule has 2 aromatic rings. The van der Waals surface area contributed by atoms with E-state index in [1.807, 2.05) is 24.3 Å². The highest BCUT2D eigenvalue weighted by Gasteiger charge is 2.52. The molecule has 32 heavy (non-hydrogen) atoms. The molecular weight excluding hydrogens is 428 g/mol. The number of aryl methyl sites for hydroxylation is 1. The molecule has 3 N–H and O–H groups in total. The molecule has 1 aliphatic carbocycles. The van der Waals surface area contributed by atoms with Crippen molar-refractivity contribution in [2.24, 2.45) is 11.8 Å². The van der Waals surface area contributed by atoms with Crippen molar-refractivity contribution in [2.75, 3.05) is 5.32 Å². The normalized spacial score (nSPS) is 27.8. The van der Waals surface area contributed by atoms with Gasteiger partial charge in [-0.1, -0.05) is 37.3 Å². The third kappa shape index (κ3) is 4.29. The van der Waals surface area contributed by atoms with Gasteiger partial charge >= 0.3 is 0 Å². The van der Waals surface area contributed by atoms with Crippen LogP contribution in [-0.2, 0) is 25.8 Å². The number of aliphatic hydroxyl groups is 1. The molecule has 5 unspecified atom stereocenters. The second kappa shape index (κ2) is 9.03. The van der Waals surface area contributed by atoms with E-state index < -0.39 is 39.1 Å². The lowest BCUT2D eigenvalue weighted by Crippen LogP contribution is -2.63. The number of piperidine rings is 1. The number of amides is 2. The number of fused-ring (bicyclic) bond motifs is 1. The van der Waals surface area contributed by atoms with Gasteiger partial charge in [0.15, 0.2) is 15.1 Å². The standard InChI is InChI=1S/C24H28N2O5S/c1-2-15-8-11-17(12-9-15)25-23(28)16-10-13-19-20(14-16)26-24(29)22(21(19)27)32(30,31)18-6-4-3-5-7-18/h3-9,11-12,16,19-22,27H,2,10,13-14H2,1H3,(H,25,28)(H,26,29). The molecule has 0 aromatic heterocycles. The zero-order valence-corrected chi connectivity index (χ0v) is 18.7. The fraction of sp³-hybridized carbons (Fsp3) is 0.417. The van der Waals surface area contributed by atoms with Gasteiger partial charge in [-0.2, -0.15) is 0 Å². The SMILES string of the molecule is CCc1ccc(NC(=O)C2CCC3C(C2)NC(=O)C(S(=O)(=O)c2ccccc2)C3O)cc1. The molecule has 1 saturated heterocycles. The van der Waals surface area contributed by atoms with E-state index in [1.54, 1.807) is 18.2 Å². The Kier molecular flexibility index (Phi) is 6.35. The van der Waals surface area contributed by atoms with Crippen LogP contribution in [0.2, 0.25) is 0 Å². The van der Waals surface area contributed by atoms with E-state index in [4.69, 9.17) is 0 Å². The molecule has 4 rings (SSSR count). The number of hydrogen-bond acceptors (Lipinski definition) is 5. The van der Waals surface area contributed by atoms with Gasteiger partial charge in [0.2, 0.25) is 11.8 Å². The first-order valence-corrected chi connectivity index (χ1v) is 12.5. The van der Waals surface area contributed by atoms with E-state index in [0.717, 1.165) is 12.1 Å². The number of aliphatic hydroxyl groups excluding tert-OH is 1. The van der Waals surface area contributed by atoms with Crippen LogP contribution in [0.4, 0.5) is 5.69 Å². The first-order chi connectivity index (χ1) is 15.3. The van der Waals surface area contributed by atoms with Crippen LogP contribution in [0.1, 0.15) is 31.7 Å². The van der Waals surface area contributed by atoms with Crippen LogP contribution in [0, 0.1) is 11.8 Å². The van der Waals surface area contributed by atoms with Crippen LogP contribution in [0.25, 0.3) is 0 Å². The molecule has 0 radical (unpaired) electrons. The summed E-state index contributed by atoms with van der Waals surface area (Å²) in [6.45, 7) is 2.06. The van der Waals surface area contributed by atoms with Crippen molar-refractivity contribution in [3.05, 3.63) is 60.2 Å². The molecule has 5 atom stereocenters. The molecule has 1 heterocycles. The van der Waals surface area contributed by atoms with Gasteiger partial charge in [-0.25, -0.2) is 8.42 Å². The fourth-order valence-electron chi connectivity index (χ4n) is 4.80. The third-order valence-electron chi connectivity index (χ3n) is 6.65. The summed E-state index contributed by atoms with van der Waals surface area (Å²) in [6.07, 6.45) is 0.947. The summed E-state index contributed by atoms with van der Waals surface area (Å²) < 4.78 is 26.0. The van der Waals surface area contributed by atoms with Crippen molar-refractivity contribution >= 4 is 27.3 Å². The molecular formula is C24H28N2O5S. The molecule has 8 heteroatoms. The van der Waals surface area contributed by atoms with Gasteiger partial charge in [0.25, 0.3) is 0 Å². The minimum atomic E-state index is -4.03. The van der Waals surface area contributed by atoms with Gasteiger partial charge < -0.3 is 15.7 Å². The van der Waals surface area contributed by atoms with Gasteiger partial charge in [-0.15, -0.1) is 0 Å². The summed E-state index contributed by atoms with van der Waals surface area (Å²) in [4.78, 5) is 25.6. The molecule has 7 nitrogen and oxygen atoms in total. The zero-order valence-electron chi connectivity index (χ0n) is 17.9. The second-order valence-corrected chi connectivity index (χ2v) is 10.7. The van der Waals surface area contributed by atoms with Crippen molar-refractivity contribution < 1.29 is 23.1 Å². The molecule has 170 valence electrons. The summed E-state index contributed by atoms with van der Waals surface area (Å²) in [5.41, 5.74) is 1.90. The van der Waals surface area contributed by atoms with Crippen LogP contribution in [0.15, 0.2) is 59.5 Å². The van der Waals surface area contributed by atoms with E-state index >= 15 is 0 Å². The van der Waals surface area contributed by atoms with E-state index in [2.05, 4.69) is 17.6 Å². The lowest BCUT2D eigenvalue weighted by molar-refractivity contribution is -0.132. The number of anilines is 1. The fourth-order valence-corrected chi connectivity index (χ4v) is 6.55. The molecule has 2 aromatic carbocycles. The van der Waals surface area contributed by atoms with Crippen LogP contribution in [0.3, 0.4) is 0 Å². The molecule has 0 spiro atoms. The third-order valence-corrected chi connectivity index (χ3v) is 8.74. The number of hydrogen-bond donors (Lipinski definition) is 3. The van der Waals surface area contributed by atoms with Crippen LogP contribution < -0.4 is 10.6 Å². The van der Waals surface area contributed by atoms with Crippen molar-refractivity contribution in [2.45, 2.75) is 54.9 Å². The van der Waals surface area contributed by atoms with Gasteiger partial charge in [0.05, 0.1) is 11.0 Å². The minimum absolute atomic E-state index is 0.0137. The van der Waals surface area contributed by atoms with Gasteiger partial charge in [0.1, 0.15) is 0 Å². The minimum Gasteiger partial charge on any atom is -0.391 e. The van der Waals surface area contributed by atoms with Crippen molar-refractivity contribution in [3.8, 4) is 0 Å². The van der Waals surface area contributed by atoms with Gasteiger partial charge in [-0.3, -0.25) is 9.59 Å². The number of sulfone groups is 1. The Hall–Kier alpha value is -2.71. The number of benzene rings is 2. The molecule has 0 bridgehead atoms. The Morgan fingerprint density at radius 2 is 1.78 bits per heavy atom. The predicted octanol–water partition coefficient (Wildman–Crippen LogP) is 2.31. The molecule has 2 aliphatic rings. The van der Waals surface area contributed by atoms with E-state index in [1.165, 1.54) is 17.7 Å². The Morgan fingerprint density at radius 3 is 2.44 bits per heavy atom. The Morgan fingerprint density at radius 1 is 1.09 bits per heavy atom. The lowest BCUT2D eigenvalue weighted by Gasteiger charge is -2.44. The van der Waals surface area contributed by atoms with Gasteiger partial charge in [-0.05, 0) is 55.5 Å². The Balaban J connectivity index is 1.45. The van der Waals surface area contributed by atoms with Gasteiger partial charge in [0, 0.05) is 23.6 Å². The van der Waals surface area contributed by atoms with Crippen molar-refractivity contribution in [3.63, 3.8) is 0 Å². The Bertz CT molecular complexity index is 1090. The highest BCUT2D eigenvalue weighted by atomic mass is 32.2. The van der Waals surface area contributed by atoms with Crippen LogP contribution >= 0.6 is 0 Å². The maximum Gasteiger partial charge on any atom is 0.241 e. The first-order valence-electron chi connectivity index (χ1n) is 11.0. The lowest BCUT2D eigenvalue weighted by atomic mass is 9.73. The van der Waals surface area contributed by atoms with E-state index in [0.29, 0.717) is 19.3 Å². The smallest absolute Gasteiger partial charge is 0.241 e. The maximum atomic E-state index is 13.0. The number of nitrogens with one attached hydrogen (secondary N) is 2. The summed E-state index contributed by atoms with van der Waals surface area (Å²) >= 11 is 0. The average Bonchev–Trinajstić information content (AvgIpc) is 2.79. The van der Waals surface area contributed by atoms with Crippen molar-refractivity contribution in [1.29, 1.82) is 0 Å². The number of carbonyl (C=O) groups is 2. The predicted molar refractivity (Wildman–Crippen MR) is 121 cm³/mol. The highest BCUT2D eigenvalue weighted by molar-refractivity contribution is 7.92. The summed E-state index contributed by atoms with van der Waals surface area (Å²) in [6, 6.07) is 15.0.